The van der Waals surface area contributed by atoms with Crippen LogP contribution in [0.1, 0.15) is 31.4 Å². The zero-order chi connectivity index (χ0) is 12.8. The summed E-state index contributed by atoms with van der Waals surface area (Å²) in [7, 11) is 0. The predicted octanol–water partition coefficient (Wildman–Crippen LogP) is 3.15. The van der Waals surface area contributed by atoms with Crippen molar-refractivity contribution in [2.24, 2.45) is 5.84 Å². The van der Waals surface area contributed by atoms with E-state index < -0.39 is 0 Å². The zero-order valence-corrected chi connectivity index (χ0v) is 10.6. The molecule has 0 bridgehead atoms. The molecule has 0 saturated heterocycles. The van der Waals surface area contributed by atoms with E-state index in [0.29, 0.717) is 0 Å². The first-order valence-electron chi connectivity index (χ1n) is 6.19. The molecule has 2 aromatic rings. The van der Waals surface area contributed by atoms with E-state index >= 15 is 0 Å². The second kappa shape index (κ2) is 6.20. The number of hydrazine groups is 1. The van der Waals surface area contributed by atoms with Gasteiger partial charge in [0.15, 0.2) is 0 Å². The Morgan fingerprint density at radius 1 is 1.17 bits per heavy atom. The molecule has 18 heavy (non-hydrogen) atoms. The largest absolute Gasteiger partial charge is 0.271 e. The summed E-state index contributed by atoms with van der Waals surface area (Å²) in [5.41, 5.74) is 4.09. The summed E-state index contributed by atoms with van der Waals surface area (Å²) in [6.07, 6.45) is 1.79. The summed E-state index contributed by atoms with van der Waals surface area (Å²) in [6.45, 7) is 1.86. The zero-order valence-electron chi connectivity index (χ0n) is 10.6. The Morgan fingerprint density at radius 2 is 1.94 bits per heavy atom. The van der Waals surface area contributed by atoms with Gasteiger partial charge in [0.25, 0.3) is 0 Å². The number of nitrogens with one attached hydrogen (secondary N) is 1. The van der Waals surface area contributed by atoms with E-state index in [0.717, 1.165) is 12.8 Å². The highest BCUT2D eigenvalue weighted by atomic mass is 15.2. The van der Waals surface area contributed by atoms with Crippen molar-refractivity contribution in [1.82, 2.24) is 5.43 Å². The number of nitrogens with two attached hydrogens (primary N) is 1. The molecule has 3 N–H and O–H groups in total. The minimum absolute atomic E-state index is 0.162. The molecule has 0 heterocycles. The van der Waals surface area contributed by atoms with Gasteiger partial charge in [0, 0.05) is 12.5 Å². The first kappa shape index (κ1) is 12.6. The molecule has 2 nitrogen and oxygen atoms in total. The monoisotopic (exact) mass is 238 g/mol. The van der Waals surface area contributed by atoms with Gasteiger partial charge in [-0.25, -0.2) is 0 Å². The summed E-state index contributed by atoms with van der Waals surface area (Å²) in [4.78, 5) is 0. The summed E-state index contributed by atoms with van der Waals surface area (Å²) in [6, 6.07) is 15.0. The van der Waals surface area contributed by atoms with Crippen LogP contribution in [0.15, 0.2) is 42.5 Å². The van der Waals surface area contributed by atoms with Crippen molar-refractivity contribution in [3.05, 3.63) is 48.0 Å². The number of hydrogen-bond donors (Lipinski definition) is 2. The van der Waals surface area contributed by atoms with Gasteiger partial charge in [-0.3, -0.25) is 11.3 Å². The lowest BCUT2D eigenvalue weighted by Crippen LogP contribution is -2.27. The smallest absolute Gasteiger partial charge is 0.0469 e. The average molecular weight is 238 g/mol. The fraction of sp³-hybridized carbons (Fsp3) is 0.250. The number of fused-ring (bicyclic) bond motifs is 1. The molecule has 0 radical (unpaired) electrons. The van der Waals surface area contributed by atoms with E-state index in [9.17, 15) is 0 Å². The van der Waals surface area contributed by atoms with Gasteiger partial charge in [0.05, 0.1) is 0 Å². The third-order valence-corrected chi connectivity index (χ3v) is 3.11. The first-order valence-corrected chi connectivity index (χ1v) is 6.19. The highest BCUT2D eigenvalue weighted by Gasteiger charge is 2.08. The molecule has 0 saturated carbocycles. The lowest BCUT2D eigenvalue weighted by molar-refractivity contribution is 0.524. The van der Waals surface area contributed by atoms with Crippen molar-refractivity contribution < 1.29 is 0 Å². The molecule has 1 unspecified atom stereocenters. The third-order valence-electron chi connectivity index (χ3n) is 3.11. The lowest BCUT2D eigenvalue weighted by Gasteiger charge is -2.15. The summed E-state index contributed by atoms with van der Waals surface area (Å²) >= 11 is 0. The van der Waals surface area contributed by atoms with Crippen molar-refractivity contribution >= 4 is 10.8 Å². The molecular weight excluding hydrogens is 220 g/mol. The van der Waals surface area contributed by atoms with Gasteiger partial charge in [-0.15, -0.1) is 11.8 Å². The van der Waals surface area contributed by atoms with Crippen molar-refractivity contribution in [1.29, 1.82) is 0 Å². The van der Waals surface area contributed by atoms with Crippen molar-refractivity contribution in [2.45, 2.75) is 25.8 Å². The third kappa shape index (κ3) is 2.89. The normalized spacial score (nSPS) is 11.9. The van der Waals surface area contributed by atoms with E-state index in [4.69, 9.17) is 5.84 Å². The standard InChI is InChI=1S/C16H18N2/c1-2-3-4-9-16(18-17)15-11-10-13-7-5-6-8-14(13)12-15/h5-8,10-12,16,18H,4,9,17H2,1H3. The van der Waals surface area contributed by atoms with E-state index in [1.807, 2.05) is 6.92 Å². The minimum atomic E-state index is 0.162. The van der Waals surface area contributed by atoms with Crippen LogP contribution in [0, 0.1) is 11.8 Å². The quantitative estimate of drug-likeness (QED) is 0.488. The van der Waals surface area contributed by atoms with Crippen LogP contribution < -0.4 is 11.3 Å². The SMILES string of the molecule is CC#CCCC(NN)c1ccc2ccccc2c1. The van der Waals surface area contributed by atoms with E-state index in [1.165, 1.54) is 16.3 Å². The van der Waals surface area contributed by atoms with Gasteiger partial charge in [-0.2, -0.15) is 0 Å². The second-order valence-electron chi connectivity index (χ2n) is 4.29. The Kier molecular flexibility index (Phi) is 4.35. The predicted molar refractivity (Wildman–Crippen MR) is 76.7 cm³/mol. The van der Waals surface area contributed by atoms with E-state index in [2.05, 4.69) is 59.7 Å². The van der Waals surface area contributed by atoms with Crippen LogP contribution >= 0.6 is 0 Å². The van der Waals surface area contributed by atoms with Crippen LogP contribution in [0.2, 0.25) is 0 Å². The van der Waals surface area contributed by atoms with Crippen LogP contribution in [-0.4, -0.2) is 0 Å². The Morgan fingerprint density at radius 3 is 2.67 bits per heavy atom. The van der Waals surface area contributed by atoms with Crippen LogP contribution in [0.25, 0.3) is 10.8 Å². The molecule has 0 aromatic heterocycles. The molecule has 0 fully saturated rings. The van der Waals surface area contributed by atoms with Crippen molar-refractivity contribution in [2.75, 3.05) is 0 Å². The fourth-order valence-electron chi connectivity index (χ4n) is 2.11. The van der Waals surface area contributed by atoms with Crippen molar-refractivity contribution in [3.63, 3.8) is 0 Å². The number of rotatable bonds is 4. The Labute approximate surface area is 108 Å². The molecular formula is C16H18N2. The van der Waals surface area contributed by atoms with Gasteiger partial charge >= 0.3 is 0 Å². The molecule has 1 atom stereocenters. The van der Waals surface area contributed by atoms with Crippen LogP contribution in [0.4, 0.5) is 0 Å². The fourth-order valence-corrected chi connectivity index (χ4v) is 2.11. The maximum absolute atomic E-state index is 5.63. The second-order valence-corrected chi connectivity index (χ2v) is 4.29. The molecule has 0 aliphatic rings. The summed E-state index contributed by atoms with van der Waals surface area (Å²) in [5.74, 6) is 11.6. The van der Waals surface area contributed by atoms with Gasteiger partial charge < -0.3 is 0 Å². The lowest BCUT2D eigenvalue weighted by atomic mass is 9.99. The van der Waals surface area contributed by atoms with Crippen LogP contribution in [0.3, 0.4) is 0 Å². The Bertz CT molecular complexity index is 578. The van der Waals surface area contributed by atoms with Crippen LogP contribution in [-0.2, 0) is 0 Å². The number of hydrogen-bond acceptors (Lipinski definition) is 2. The molecule has 0 spiro atoms. The molecule has 0 amide bonds. The van der Waals surface area contributed by atoms with E-state index in [1.54, 1.807) is 0 Å². The molecule has 92 valence electrons. The van der Waals surface area contributed by atoms with Crippen LogP contribution in [0.5, 0.6) is 0 Å². The average Bonchev–Trinajstić information content (AvgIpc) is 2.43. The van der Waals surface area contributed by atoms with E-state index in [-0.39, 0.29) is 6.04 Å². The maximum Gasteiger partial charge on any atom is 0.0469 e. The van der Waals surface area contributed by atoms with Gasteiger partial charge in [0.1, 0.15) is 0 Å². The molecule has 2 rings (SSSR count). The Hall–Kier alpha value is -1.82. The van der Waals surface area contributed by atoms with Gasteiger partial charge in [-0.05, 0) is 35.7 Å². The topological polar surface area (TPSA) is 38.0 Å². The van der Waals surface area contributed by atoms with Gasteiger partial charge in [0.2, 0.25) is 0 Å². The molecule has 2 heteroatoms. The highest BCUT2D eigenvalue weighted by molar-refractivity contribution is 5.83. The highest BCUT2D eigenvalue weighted by Crippen LogP contribution is 2.22. The first-order chi connectivity index (χ1) is 8.85. The summed E-state index contributed by atoms with van der Waals surface area (Å²) < 4.78 is 0. The minimum Gasteiger partial charge on any atom is -0.271 e. The molecule has 2 aromatic carbocycles. The number of benzene rings is 2. The maximum atomic E-state index is 5.63. The van der Waals surface area contributed by atoms with Gasteiger partial charge in [-0.1, -0.05) is 36.4 Å². The molecule has 0 aliphatic heterocycles. The Balaban J connectivity index is 2.23. The summed E-state index contributed by atoms with van der Waals surface area (Å²) in [5, 5.41) is 2.50. The van der Waals surface area contributed by atoms with Crippen molar-refractivity contribution in [3.8, 4) is 11.8 Å². The molecule has 0 aliphatic carbocycles.